The van der Waals surface area contributed by atoms with Crippen molar-refractivity contribution in [2.75, 3.05) is 23.8 Å². The zero-order valence-electron chi connectivity index (χ0n) is 14.4. The van der Waals surface area contributed by atoms with Gasteiger partial charge in [-0.2, -0.15) is 0 Å². The average Bonchev–Trinajstić information content (AvgIpc) is 3.06. The van der Waals surface area contributed by atoms with Gasteiger partial charge in [-0.25, -0.2) is 4.79 Å². The summed E-state index contributed by atoms with van der Waals surface area (Å²) in [6.45, 7) is 1.02. The predicted octanol–water partition coefficient (Wildman–Crippen LogP) is -0.486. The molecular weight excluding hydrogens is 430 g/mol. The van der Waals surface area contributed by atoms with Gasteiger partial charge < -0.3 is 20.9 Å². The number of aliphatic carboxylic acids is 1. The number of nitrogens with one attached hydrogen (secondary N) is 1. The number of hydrogen-bond donors (Lipinski definition) is 3. The molecule has 2 aliphatic heterocycles. The van der Waals surface area contributed by atoms with E-state index >= 15 is 0 Å². The summed E-state index contributed by atoms with van der Waals surface area (Å²) in [6, 6.07) is -0.817. The second-order valence-corrected chi connectivity index (χ2v) is 9.02. The maximum absolute atomic E-state index is 12.5. The molecule has 3 rings (SSSR count). The Morgan fingerprint density at radius 2 is 2.18 bits per heavy atom. The van der Waals surface area contributed by atoms with Crippen LogP contribution < -0.4 is 11.1 Å². The van der Waals surface area contributed by atoms with Gasteiger partial charge in [0.2, 0.25) is 11.0 Å². The molecule has 2 amide bonds. The lowest BCUT2D eigenvalue weighted by Crippen LogP contribution is -2.70. The van der Waals surface area contributed by atoms with Crippen molar-refractivity contribution in [3.05, 3.63) is 11.3 Å². The molecule has 2 aliphatic rings. The van der Waals surface area contributed by atoms with Gasteiger partial charge in [-0.05, 0) is 0 Å². The van der Waals surface area contributed by atoms with Crippen molar-refractivity contribution >= 4 is 63.7 Å². The average molecular weight is 446 g/mol. The number of nitrogen functional groups attached to an aromatic ring is 1. The summed E-state index contributed by atoms with van der Waals surface area (Å²) in [7, 11) is 0. The largest absolute Gasteiger partial charge is 0.477 e. The lowest BCUT2D eigenvalue weighted by Gasteiger charge is -2.49. The summed E-state index contributed by atoms with van der Waals surface area (Å²) in [5, 5.41) is 19.3. The number of carboxylic acids is 1. The summed E-state index contributed by atoms with van der Waals surface area (Å²) in [6.07, 6.45) is 0. The summed E-state index contributed by atoms with van der Waals surface area (Å²) in [4.78, 5) is 48.3. The van der Waals surface area contributed by atoms with Gasteiger partial charge in [-0.1, -0.05) is 23.1 Å². The molecule has 0 spiro atoms. The van der Waals surface area contributed by atoms with Crippen molar-refractivity contribution in [3.63, 3.8) is 0 Å². The SMILES string of the molecule is CC(=O)OCC1=C(C(=O)O)N2C(=O)[C@@H](NC(=O)CSc3nnc(N)s3)[C@H]2SC1. The quantitative estimate of drug-likeness (QED) is 0.282. The van der Waals surface area contributed by atoms with E-state index in [0.717, 1.165) is 28.0 Å². The van der Waals surface area contributed by atoms with Crippen molar-refractivity contribution in [2.45, 2.75) is 22.7 Å². The molecule has 0 aliphatic carbocycles. The maximum Gasteiger partial charge on any atom is 0.352 e. The number of carbonyl (C=O) groups excluding carboxylic acids is 3. The molecule has 28 heavy (non-hydrogen) atoms. The monoisotopic (exact) mass is 445 g/mol. The Morgan fingerprint density at radius 1 is 1.43 bits per heavy atom. The third-order valence-electron chi connectivity index (χ3n) is 3.76. The first kappa shape index (κ1) is 20.4. The Labute approximate surface area is 171 Å². The molecule has 3 heterocycles. The van der Waals surface area contributed by atoms with E-state index in [1.807, 2.05) is 0 Å². The highest BCUT2D eigenvalue weighted by molar-refractivity contribution is 8.01. The fourth-order valence-corrected chi connectivity index (χ4v) is 5.38. The van der Waals surface area contributed by atoms with Crippen LogP contribution in [0.3, 0.4) is 0 Å². The van der Waals surface area contributed by atoms with Crippen LogP contribution in [0.1, 0.15) is 6.92 Å². The Balaban J connectivity index is 1.62. The number of carboxylic acid groups (broad SMARTS) is 1. The minimum Gasteiger partial charge on any atom is -0.477 e. The highest BCUT2D eigenvalue weighted by Crippen LogP contribution is 2.40. The molecule has 1 aromatic rings. The van der Waals surface area contributed by atoms with Crippen molar-refractivity contribution in [2.24, 2.45) is 0 Å². The van der Waals surface area contributed by atoms with E-state index in [1.165, 1.54) is 18.7 Å². The molecule has 1 aromatic heterocycles. The lowest BCUT2D eigenvalue weighted by atomic mass is 10.0. The van der Waals surface area contributed by atoms with Crippen LogP contribution >= 0.6 is 34.9 Å². The highest BCUT2D eigenvalue weighted by Gasteiger charge is 2.54. The lowest BCUT2D eigenvalue weighted by molar-refractivity contribution is -0.150. The van der Waals surface area contributed by atoms with Crippen LogP contribution in [0.2, 0.25) is 0 Å². The molecule has 4 N–H and O–H groups in total. The van der Waals surface area contributed by atoms with Crippen LogP contribution in [0.25, 0.3) is 0 Å². The number of rotatable bonds is 7. The number of ether oxygens (including phenoxy) is 1. The molecule has 0 bridgehead atoms. The number of anilines is 1. The Morgan fingerprint density at radius 3 is 2.79 bits per heavy atom. The zero-order valence-corrected chi connectivity index (χ0v) is 16.9. The second-order valence-electron chi connectivity index (χ2n) is 5.69. The summed E-state index contributed by atoms with van der Waals surface area (Å²) in [5.74, 6) is -2.43. The van der Waals surface area contributed by atoms with Crippen molar-refractivity contribution in [3.8, 4) is 0 Å². The number of thioether (sulfide) groups is 2. The molecular formula is C14H15N5O6S3. The topological polar surface area (TPSA) is 165 Å². The molecule has 0 radical (unpaired) electrons. The van der Waals surface area contributed by atoms with Gasteiger partial charge >= 0.3 is 11.9 Å². The van der Waals surface area contributed by atoms with E-state index < -0.39 is 29.3 Å². The van der Waals surface area contributed by atoms with E-state index in [9.17, 15) is 24.3 Å². The smallest absolute Gasteiger partial charge is 0.352 e. The Bertz CT molecular complexity index is 871. The molecule has 11 nitrogen and oxygen atoms in total. The number of β-lactam (4-membered cyclic amide) rings is 1. The van der Waals surface area contributed by atoms with Crippen LogP contribution in [0.15, 0.2) is 15.6 Å². The number of nitrogens with zero attached hydrogens (tertiary/aromatic N) is 3. The van der Waals surface area contributed by atoms with Crippen LogP contribution in [0.4, 0.5) is 5.13 Å². The van der Waals surface area contributed by atoms with E-state index in [4.69, 9.17) is 10.5 Å². The Kier molecular flexibility index (Phi) is 6.10. The molecule has 0 unspecified atom stereocenters. The maximum atomic E-state index is 12.5. The molecule has 2 atom stereocenters. The van der Waals surface area contributed by atoms with Gasteiger partial charge in [0, 0.05) is 18.2 Å². The van der Waals surface area contributed by atoms with E-state index in [-0.39, 0.29) is 29.7 Å². The molecule has 1 saturated heterocycles. The van der Waals surface area contributed by atoms with Crippen LogP contribution in [-0.4, -0.2) is 73.5 Å². The van der Waals surface area contributed by atoms with E-state index in [0.29, 0.717) is 15.0 Å². The van der Waals surface area contributed by atoms with E-state index in [2.05, 4.69) is 15.5 Å². The third kappa shape index (κ3) is 4.23. The van der Waals surface area contributed by atoms with Gasteiger partial charge in [-0.3, -0.25) is 19.3 Å². The number of aromatic nitrogens is 2. The van der Waals surface area contributed by atoms with Gasteiger partial charge in [0.05, 0.1) is 5.75 Å². The summed E-state index contributed by atoms with van der Waals surface area (Å²) in [5.41, 5.74) is 5.62. The first-order chi connectivity index (χ1) is 13.3. The normalized spacial score (nSPS) is 21.0. The third-order valence-corrected chi connectivity index (χ3v) is 6.99. The summed E-state index contributed by atoms with van der Waals surface area (Å²) >= 11 is 3.59. The van der Waals surface area contributed by atoms with E-state index in [1.54, 1.807) is 0 Å². The number of amides is 2. The molecule has 0 saturated carbocycles. The minimum absolute atomic E-state index is 0.0229. The van der Waals surface area contributed by atoms with Crippen LogP contribution in [0, 0.1) is 0 Å². The first-order valence-electron chi connectivity index (χ1n) is 7.82. The summed E-state index contributed by atoms with van der Waals surface area (Å²) < 4.78 is 5.40. The van der Waals surface area contributed by atoms with Gasteiger partial charge in [0.1, 0.15) is 23.7 Å². The van der Waals surface area contributed by atoms with Gasteiger partial charge in [0.15, 0.2) is 4.34 Å². The van der Waals surface area contributed by atoms with Crippen LogP contribution in [0.5, 0.6) is 0 Å². The van der Waals surface area contributed by atoms with Crippen molar-refractivity contribution in [1.29, 1.82) is 0 Å². The Hall–Kier alpha value is -2.32. The van der Waals surface area contributed by atoms with Gasteiger partial charge in [-0.15, -0.1) is 22.0 Å². The van der Waals surface area contributed by atoms with Crippen molar-refractivity contribution < 1.29 is 29.0 Å². The number of fused-ring (bicyclic) bond motifs is 1. The molecule has 14 heteroatoms. The van der Waals surface area contributed by atoms with Crippen LogP contribution in [-0.2, 0) is 23.9 Å². The number of esters is 1. The predicted molar refractivity (Wildman–Crippen MR) is 101 cm³/mol. The fraction of sp³-hybridized carbons (Fsp3) is 0.429. The number of hydrogen-bond acceptors (Lipinski definition) is 11. The minimum atomic E-state index is -1.28. The molecule has 150 valence electrons. The van der Waals surface area contributed by atoms with Gasteiger partial charge in [0.25, 0.3) is 5.91 Å². The number of carbonyl (C=O) groups is 4. The highest BCUT2D eigenvalue weighted by atomic mass is 32.2. The number of nitrogens with two attached hydrogens (primary N) is 1. The fourth-order valence-electron chi connectivity index (χ4n) is 2.60. The standard InChI is InChI=1S/C14H15N5O6S3/c1-5(20)25-2-6-3-26-11-8(10(22)19(11)9(6)12(23)24)16-7(21)4-27-14-18-17-13(15)28-14/h8,11H,2-4H2,1H3,(H2,15,17)(H,16,21)(H,23,24)/t8-,11-/m1/s1. The zero-order chi connectivity index (χ0) is 20.4. The second kappa shape index (κ2) is 8.36. The van der Waals surface area contributed by atoms with Crippen molar-refractivity contribution in [1.82, 2.24) is 20.4 Å². The first-order valence-corrected chi connectivity index (χ1v) is 10.7. The molecule has 1 fully saturated rings. The molecule has 0 aromatic carbocycles.